The zero-order valence-electron chi connectivity index (χ0n) is 13.3. The summed E-state index contributed by atoms with van der Waals surface area (Å²) in [5.41, 5.74) is 5.41. The van der Waals surface area contributed by atoms with Crippen LogP contribution in [0.1, 0.15) is 34.6 Å². The van der Waals surface area contributed by atoms with Gasteiger partial charge in [0.15, 0.2) is 9.84 Å². The quantitative estimate of drug-likeness (QED) is 0.734. The Hall–Kier alpha value is -0.145. The van der Waals surface area contributed by atoms with Gasteiger partial charge in [-0.1, -0.05) is 0 Å². The summed E-state index contributed by atoms with van der Waals surface area (Å²) in [6.45, 7) is 8.71. The molecule has 0 amide bonds. The largest absolute Gasteiger partial charge is 0.372 e. The summed E-state index contributed by atoms with van der Waals surface area (Å²) in [5, 5.41) is 0. The molecule has 6 nitrogen and oxygen atoms in total. The van der Waals surface area contributed by atoms with Crippen LogP contribution in [-0.2, 0) is 24.0 Å². The average Bonchev–Trinajstić information content (AvgIpc) is 2.79. The van der Waals surface area contributed by atoms with Crippen LogP contribution in [0.3, 0.4) is 0 Å². The lowest BCUT2D eigenvalue weighted by Crippen LogP contribution is -2.60. The third-order valence-electron chi connectivity index (χ3n) is 3.79. The number of rotatable bonds is 3. The Morgan fingerprint density at radius 3 is 2.29 bits per heavy atom. The summed E-state index contributed by atoms with van der Waals surface area (Å²) >= 11 is 0. The zero-order chi connectivity index (χ0) is 16.3. The monoisotopic (exact) mass is 317 g/mol. The van der Waals surface area contributed by atoms with Gasteiger partial charge < -0.3 is 19.9 Å². The molecule has 21 heavy (non-hydrogen) atoms. The molecule has 0 spiro atoms. The number of fused-ring (bicyclic) bond motifs is 1. The van der Waals surface area contributed by atoms with Gasteiger partial charge in [-0.3, -0.25) is 0 Å². The normalized spacial score (nSPS) is 37.7. The standard InChI is InChI=1S/C13H24BNO5S/c1-11(2,3)20-8-6-18-10-9(8)19-7-13(10,14)21(16,17)12(4,5)15/h8-10H,6-7,15H2,1-5H3/t8?,9-,10+,13?/m1/s1. The van der Waals surface area contributed by atoms with Crippen molar-refractivity contribution in [2.24, 2.45) is 5.73 Å². The molecule has 0 aliphatic carbocycles. The van der Waals surface area contributed by atoms with Crippen molar-refractivity contribution in [3.8, 4) is 0 Å². The van der Waals surface area contributed by atoms with Crippen LogP contribution in [0.2, 0.25) is 0 Å². The third-order valence-corrected chi connectivity index (χ3v) is 6.52. The number of nitrogens with two attached hydrogens (primary N) is 1. The Bertz CT molecular complexity index is 510. The molecule has 2 radical (unpaired) electrons. The first kappa shape index (κ1) is 17.2. The Morgan fingerprint density at radius 1 is 1.24 bits per heavy atom. The van der Waals surface area contributed by atoms with E-state index < -0.39 is 31.6 Å². The minimum Gasteiger partial charge on any atom is -0.372 e. The summed E-state index contributed by atoms with van der Waals surface area (Å²) in [4.78, 5) is -1.47. The van der Waals surface area contributed by atoms with Crippen molar-refractivity contribution in [3.05, 3.63) is 0 Å². The number of hydrogen-bond acceptors (Lipinski definition) is 6. The van der Waals surface area contributed by atoms with Crippen LogP contribution in [0.4, 0.5) is 0 Å². The Labute approximate surface area is 128 Å². The first-order valence-electron chi connectivity index (χ1n) is 7.02. The van der Waals surface area contributed by atoms with E-state index in [1.807, 2.05) is 20.8 Å². The van der Waals surface area contributed by atoms with Crippen LogP contribution in [0, 0.1) is 0 Å². The van der Waals surface area contributed by atoms with Gasteiger partial charge >= 0.3 is 0 Å². The lowest BCUT2D eigenvalue weighted by Gasteiger charge is -2.35. The highest BCUT2D eigenvalue weighted by atomic mass is 32.2. The molecule has 4 atom stereocenters. The van der Waals surface area contributed by atoms with Crippen LogP contribution in [0.25, 0.3) is 0 Å². The Balaban J connectivity index is 2.26. The first-order valence-corrected chi connectivity index (χ1v) is 8.51. The maximum atomic E-state index is 12.7. The van der Waals surface area contributed by atoms with E-state index in [-0.39, 0.29) is 24.9 Å². The predicted octanol–water partition coefficient (Wildman–Crippen LogP) is -0.0579. The highest BCUT2D eigenvalue weighted by molar-refractivity contribution is 7.95. The fourth-order valence-electron chi connectivity index (χ4n) is 2.78. The topological polar surface area (TPSA) is 87.9 Å². The van der Waals surface area contributed by atoms with Crippen molar-refractivity contribution in [2.75, 3.05) is 13.2 Å². The molecular formula is C13H24BNO5S. The van der Waals surface area contributed by atoms with Crippen molar-refractivity contribution < 1.29 is 22.6 Å². The van der Waals surface area contributed by atoms with Crippen LogP contribution >= 0.6 is 0 Å². The molecule has 2 unspecified atom stereocenters. The first-order chi connectivity index (χ1) is 9.30. The maximum Gasteiger partial charge on any atom is 0.170 e. The molecule has 2 aliphatic heterocycles. The van der Waals surface area contributed by atoms with Gasteiger partial charge in [0.1, 0.15) is 24.9 Å². The number of hydrogen-bond donors (Lipinski definition) is 1. The van der Waals surface area contributed by atoms with E-state index in [0.717, 1.165) is 0 Å². The average molecular weight is 317 g/mol. The summed E-state index contributed by atoms with van der Waals surface area (Å²) < 4.78 is 40.8. The molecule has 2 rings (SSSR count). The van der Waals surface area contributed by atoms with Gasteiger partial charge in [0.25, 0.3) is 0 Å². The number of sulfone groups is 1. The summed E-state index contributed by atoms with van der Waals surface area (Å²) in [6, 6.07) is 0. The van der Waals surface area contributed by atoms with Gasteiger partial charge in [0.2, 0.25) is 0 Å². The van der Waals surface area contributed by atoms with E-state index in [0.29, 0.717) is 0 Å². The van der Waals surface area contributed by atoms with Gasteiger partial charge in [-0.15, -0.1) is 0 Å². The molecule has 0 aromatic rings. The Kier molecular flexibility index (Phi) is 4.04. The van der Waals surface area contributed by atoms with E-state index in [2.05, 4.69) is 0 Å². The van der Waals surface area contributed by atoms with Crippen LogP contribution in [0.15, 0.2) is 0 Å². The van der Waals surface area contributed by atoms with Gasteiger partial charge in [0.05, 0.1) is 29.6 Å². The highest BCUT2D eigenvalue weighted by Gasteiger charge is 2.62. The molecule has 0 bridgehead atoms. The number of ether oxygens (including phenoxy) is 3. The van der Waals surface area contributed by atoms with Gasteiger partial charge in [-0.2, -0.15) is 0 Å². The molecule has 0 aromatic carbocycles. The van der Waals surface area contributed by atoms with E-state index in [9.17, 15) is 8.42 Å². The molecule has 0 saturated carbocycles. The second kappa shape index (κ2) is 4.93. The minimum absolute atomic E-state index is 0.144. The molecule has 2 N–H and O–H groups in total. The van der Waals surface area contributed by atoms with E-state index >= 15 is 0 Å². The lowest BCUT2D eigenvalue weighted by atomic mass is 9.81. The predicted molar refractivity (Wildman–Crippen MR) is 79.8 cm³/mol. The van der Waals surface area contributed by atoms with Gasteiger partial charge in [-0.05, 0) is 34.6 Å². The zero-order valence-corrected chi connectivity index (χ0v) is 14.1. The minimum atomic E-state index is -3.85. The van der Waals surface area contributed by atoms with E-state index in [4.69, 9.17) is 27.8 Å². The van der Waals surface area contributed by atoms with Crippen LogP contribution < -0.4 is 5.73 Å². The third kappa shape index (κ3) is 2.76. The molecule has 0 aromatic heterocycles. The fourth-order valence-corrected chi connectivity index (χ4v) is 4.49. The lowest BCUT2D eigenvalue weighted by molar-refractivity contribution is -0.102. The van der Waals surface area contributed by atoms with Gasteiger partial charge in [0, 0.05) is 0 Å². The maximum absolute atomic E-state index is 12.7. The van der Waals surface area contributed by atoms with Gasteiger partial charge in [-0.25, -0.2) is 8.42 Å². The second-order valence-corrected chi connectivity index (χ2v) is 10.2. The van der Waals surface area contributed by atoms with Crippen LogP contribution in [0.5, 0.6) is 0 Å². The molecular weight excluding hydrogens is 293 g/mol. The van der Waals surface area contributed by atoms with Crippen molar-refractivity contribution in [2.45, 2.75) is 68.0 Å². The second-order valence-electron chi connectivity index (χ2n) is 7.36. The summed E-state index contributed by atoms with van der Waals surface area (Å²) in [5.74, 6) is 0. The van der Waals surface area contributed by atoms with Crippen molar-refractivity contribution in [1.29, 1.82) is 0 Å². The Morgan fingerprint density at radius 2 is 1.81 bits per heavy atom. The summed E-state index contributed by atoms with van der Waals surface area (Å²) in [6.07, 6.45) is -1.60. The van der Waals surface area contributed by atoms with Crippen LogP contribution in [-0.4, -0.2) is 62.9 Å². The molecule has 2 saturated heterocycles. The fraction of sp³-hybridized carbons (Fsp3) is 1.00. The molecule has 2 aliphatic rings. The van der Waals surface area contributed by atoms with Crippen molar-refractivity contribution >= 4 is 17.7 Å². The SMILES string of the molecule is [B]C1(S(=O)(=O)C(C)(C)N)CO[C@@H]2C(OC(C)(C)C)CO[C@@H]21. The van der Waals surface area contributed by atoms with E-state index in [1.165, 1.54) is 13.8 Å². The molecule has 2 fully saturated rings. The highest BCUT2D eigenvalue weighted by Crippen LogP contribution is 2.41. The summed E-state index contributed by atoms with van der Waals surface area (Å²) in [7, 11) is 2.31. The van der Waals surface area contributed by atoms with Crippen molar-refractivity contribution in [3.63, 3.8) is 0 Å². The molecule has 8 heteroatoms. The molecule has 120 valence electrons. The molecule has 2 heterocycles. The van der Waals surface area contributed by atoms with Crippen molar-refractivity contribution in [1.82, 2.24) is 0 Å². The smallest absolute Gasteiger partial charge is 0.170 e. The van der Waals surface area contributed by atoms with E-state index in [1.54, 1.807) is 0 Å².